The molecule has 0 aromatic heterocycles. The van der Waals surface area contributed by atoms with Crippen molar-refractivity contribution in [3.63, 3.8) is 0 Å². The Labute approximate surface area is 109 Å². The van der Waals surface area contributed by atoms with Crippen LogP contribution in [0, 0.1) is 6.92 Å². The summed E-state index contributed by atoms with van der Waals surface area (Å²) in [4.78, 5) is 26.8. The number of aliphatic imine (C=N–C) groups is 1. The normalized spacial score (nSPS) is 19.3. The zero-order valence-electron chi connectivity index (χ0n) is 9.84. The molecule has 0 radical (unpaired) electrons. The van der Waals surface area contributed by atoms with E-state index in [4.69, 9.17) is 5.73 Å². The van der Waals surface area contributed by atoms with Gasteiger partial charge in [0.25, 0.3) is 0 Å². The molecule has 1 aliphatic heterocycles. The van der Waals surface area contributed by atoms with E-state index in [0.717, 1.165) is 23.0 Å². The Bertz CT molecular complexity index is 528. The molecule has 0 fully saturated rings. The smallest absolute Gasteiger partial charge is 0.249 e. The van der Waals surface area contributed by atoms with Crippen LogP contribution in [-0.4, -0.2) is 22.2 Å². The predicted octanol–water partition coefficient (Wildman–Crippen LogP) is 1.28. The molecular weight excluding hydrogens is 250 g/mol. The van der Waals surface area contributed by atoms with E-state index in [2.05, 4.69) is 10.3 Å². The van der Waals surface area contributed by atoms with Crippen LogP contribution in [0.25, 0.3) is 0 Å². The van der Waals surface area contributed by atoms with Gasteiger partial charge < -0.3 is 11.1 Å². The fourth-order valence-electron chi connectivity index (χ4n) is 1.61. The fourth-order valence-corrected chi connectivity index (χ4v) is 2.45. The summed E-state index contributed by atoms with van der Waals surface area (Å²) < 4.78 is 0. The zero-order valence-corrected chi connectivity index (χ0v) is 10.7. The Kier molecular flexibility index (Phi) is 3.66. The monoisotopic (exact) mass is 263 g/mol. The number of amides is 2. The number of carbonyl (C=O) groups excluding carboxylic acids is 2. The molecule has 1 aromatic rings. The Morgan fingerprint density at radius 1 is 1.50 bits per heavy atom. The first-order valence-electron chi connectivity index (χ1n) is 5.46. The van der Waals surface area contributed by atoms with Crippen molar-refractivity contribution in [3.8, 4) is 0 Å². The third kappa shape index (κ3) is 2.89. The van der Waals surface area contributed by atoms with Crippen molar-refractivity contribution in [1.29, 1.82) is 0 Å². The minimum absolute atomic E-state index is 0.0864. The number of anilines is 1. The van der Waals surface area contributed by atoms with Crippen LogP contribution in [0.4, 0.5) is 5.69 Å². The summed E-state index contributed by atoms with van der Waals surface area (Å²) in [6.45, 7) is 1.91. The lowest BCUT2D eigenvalue weighted by Gasteiger charge is -2.18. The van der Waals surface area contributed by atoms with Gasteiger partial charge in [-0.3, -0.25) is 9.59 Å². The van der Waals surface area contributed by atoms with E-state index in [-0.39, 0.29) is 23.4 Å². The molecule has 0 spiro atoms. The number of hydrogen-bond acceptors (Lipinski definition) is 4. The number of nitrogens with zero attached hydrogens (tertiary/aromatic N) is 1. The van der Waals surface area contributed by atoms with E-state index in [1.165, 1.54) is 0 Å². The minimum atomic E-state index is -0.505. The van der Waals surface area contributed by atoms with E-state index in [0.29, 0.717) is 0 Å². The van der Waals surface area contributed by atoms with Gasteiger partial charge in [-0.1, -0.05) is 30.0 Å². The SMILES string of the molecule is Cc1ccccc1NC(=O)[C@H]1CC(=O)N=C(N)S1. The molecule has 0 aliphatic carbocycles. The molecule has 1 heterocycles. The second-order valence-electron chi connectivity index (χ2n) is 3.96. The number of aryl methyl sites for hydroxylation is 1. The first-order valence-corrected chi connectivity index (χ1v) is 6.34. The summed E-state index contributed by atoms with van der Waals surface area (Å²) in [6.07, 6.45) is 0.0864. The van der Waals surface area contributed by atoms with Gasteiger partial charge in [0.05, 0.1) is 6.42 Å². The Hall–Kier alpha value is -1.82. The number of amidine groups is 1. The number of rotatable bonds is 2. The van der Waals surface area contributed by atoms with Crippen molar-refractivity contribution < 1.29 is 9.59 Å². The summed E-state index contributed by atoms with van der Waals surface area (Å²) in [5.74, 6) is -0.573. The van der Waals surface area contributed by atoms with Crippen LogP contribution >= 0.6 is 11.8 Å². The van der Waals surface area contributed by atoms with Crippen LogP contribution in [0.3, 0.4) is 0 Å². The van der Waals surface area contributed by atoms with Gasteiger partial charge >= 0.3 is 0 Å². The van der Waals surface area contributed by atoms with E-state index in [9.17, 15) is 9.59 Å². The number of carbonyl (C=O) groups is 2. The first-order chi connectivity index (χ1) is 8.56. The van der Waals surface area contributed by atoms with Gasteiger partial charge in [0, 0.05) is 5.69 Å². The number of para-hydroxylation sites is 1. The quantitative estimate of drug-likeness (QED) is 0.841. The van der Waals surface area contributed by atoms with Crippen molar-refractivity contribution >= 4 is 34.4 Å². The Balaban J connectivity index is 2.07. The van der Waals surface area contributed by atoms with E-state index in [1.807, 2.05) is 31.2 Å². The molecule has 0 unspecified atom stereocenters. The maximum Gasteiger partial charge on any atom is 0.249 e. The third-order valence-electron chi connectivity index (χ3n) is 2.55. The van der Waals surface area contributed by atoms with Crippen LogP contribution in [0.15, 0.2) is 29.3 Å². The molecule has 1 aliphatic rings. The highest BCUT2D eigenvalue weighted by atomic mass is 32.2. The summed E-state index contributed by atoms with van der Waals surface area (Å²) in [5, 5.41) is 2.44. The topological polar surface area (TPSA) is 84.5 Å². The van der Waals surface area contributed by atoms with Gasteiger partial charge in [-0.15, -0.1) is 0 Å². The molecule has 2 amide bonds. The molecule has 6 heteroatoms. The summed E-state index contributed by atoms with van der Waals surface area (Å²) >= 11 is 1.12. The van der Waals surface area contributed by atoms with Crippen LogP contribution in [0.2, 0.25) is 0 Å². The molecule has 18 heavy (non-hydrogen) atoms. The van der Waals surface area contributed by atoms with Crippen molar-refractivity contribution in [2.24, 2.45) is 10.7 Å². The molecule has 2 rings (SSSR count). The second kappa shape index (κ2) is 5.22. The standard InChI is InChI=1S/C12H13N3O2S/c1-7-4-2-3-5-8(7)14-11(17)9-6-10(16)15-12(13)18-9/h2-5,9H,6H2,1H3,(H,14,17)(H2,13,15,16)/t9-/m1/s1. The van der Waals surface area contributed by atoms with Gasteiger partial charge in [0.15, 0.2) is 5.17 Å². The van der Waals surface area contributed by atoms with Crippen LogP contribution in [0.1, 0.15) is 12.0 Å². The largest absolute Gasteiger partial charge is 0.378 e. The first kappa shape index (κ1) is 12.6. The number of nitrogens with two attached hydrogens (primary N) is 1. The maximum absolute atomic E-state index is 12.0. The highest BCUT2D eigenvalue weighted by Gasteiger charge is 2.28. The van der Waals surface area contributed by atoms with Gasteiger partial charge in [0.2, 0.25) is 11.8 Å². The number of benzene rings is 1. The van der Waals surface area contributed by atoms with E-state index >= 15 is 0 Å². The highest BCUT2D eigenvalue weighted by Crippen LogP contribution is 2.23. The molecule has 0 saturated carbocycles. The van der Waals surface area contributed by atoms with Crippen LogP contribution in [-0.2, 0) is 9.59 Å². The third-order valence-corrected chi connectivity index (χ3v) is 3.55. The zero-order chi connectivity index (χ0) is 13.1. The minimum Gasteiger partial charge on any atom is -0.378 e. The lowest BCUT2D eigenvalue weighted by molar-refractivity contribution is -0.121. The molecule has 0 saturated heterocycles. The average molecular weight is 263 g/mol. The highest BCUT2D eigenvalue weighted by molar-refractivity contribution is 8.15. The lowest BCUT2D eigenvalue weighted by atomic mass is 10.2. The molecule has 1 aromatic carbocycles. The van der Waals surface area contributed by atoms with Gasteiger partial charge in [-0.25, -0.2) is 0 Å². The Morgan fingerprint density at radius 2 is 2.22 bits per heavy atom. The number of hydrogen-bond donors (Lipinski definition) is 2. The van der Waals surface area contributed by atoms with Crippen molar-refractivity contribution in [2.45, 2.75) is 18.6 Å². The molecule has 5 nitrogen and oxygen atoms in total. The molecular formula is C12H13N3O2S. The number of thioether (sulfide) groups is 1. The average Bonchev–Trinajstić information content (AvgIpc) is 2.31. The van der Waals surface area contributed by atoms with Crippen molar-refractivity contribution in [1.82, 2.24) is 0 Å². The van der Waals surface area contributed by atoms with Gasteiger partial charge in [0.1, 0.15) is 5.25 Å². The number of nitrogens with one attached hydrogen (secondary N) is 1. The summed E-state index contributed by atoms with van der Waals surface area (Å²) in [5.41, 5.74) is 7.21. The Morgan fingerprint density at radius 3 is 2.89 bits per heavy atom. The second-order valence-corrected chi connectivity index (χ2v) is 5.18. The van der Waals surface area contributed by atoms with Crippen molar-refractivity contribution in [3.05, 3.63) is 29.8 Å². The van der Waals surface area contributed by atoms with E-state index < -0.39 is 5.25 Å². The molecule has 1 atom stereocenters. The van der Waals surface area contributed by atoms with E-state index in [1.54, 1.807) is 0 Å². The lowest BCUT2D eigenvalue weighted by Crippen LogP contribution is -2.33. The maximum atomic E-state index is 12.0. The molecule has 3 N–H and O–H groups in total. The van der Waals surface area contributed by atoms with Crippen molar-refractivity contribution in [2.75, 3.05) is 5.32 Å². The summed E-state index contributed by atoms with van der Waals surface area (Å²) in [6, 6.07) is 7.47. The van der Waals surface area contributed by atoms with Gasteiger partial charge in [-0.05, 0) is 18.6 Å². The predicted molar refractivity (Wildman–Crippen MR) is 72.4 cm³/mol. The molecule has 94 valence electrons. The van der Waals surface area contributed by atoms with Crippen LogP contribution < -0.4 is 11.1 Å². The van der Waals surface area contributed by atoms with Crippen LogP contribution in [0.5, 0.6) is 0 Å². The van der Waals surface area contributed by atoms with Gasteiger partial charge in [-0.2, -0.15) is 4.99 Å². The summed E-state index contributed by atoms with van der Waals surface area (Å²) in [7, 11) is 0. The fraction of sp³-hybridized carbons (Fsp3) is 0.250. The molecule has 0 bridgehead atoms.